The standard InChI is InChI=1S/C20H25N3O/c1-22(2)19-10-6-9-18(13-19)21-20(24)17-11-12-23(15-17)14-16-7-4-3-5-8-16/h3-10,13,17H,11-12,14-15H2,1-2H3,(H,21,24). The number of carbonyl (C=O) groups excluding carboxylic acids is 1. The van der Waals surface area contributed by atoms with Crippen LogP contribution in [0.15, 0.2) is 54.6 Å². The Morgan fingerprint density at radius 1 is 1.17 bits per heavy atom. The van der Waals surface area contributed by atoms with E-state index in [0.717, 1.165) is 37.4 Å². The highest BCUT2D eigenvalue weighted by Crippen LogP contribution is 2.22. The summed E-state index contributed by atoms with van der Waals surface area (Å²) in [4.78, 5) is 16.9. The van der Waals surface area contributed by atoms with Crippen LogP contribution < -0.4 is 10.2 Å². The van der Waals surface area contributed by atoms with Crippen LogP contribution in [0.1, 0.15) is 12.0 Å². The van der Waals surface area contributed by atoms with Crippen molar-refractivity contribution in [2.45, 2.75) is 13.0 Å². The fraction of sp³-hybridized carbons (Fsp3) is 0.350. The van der Waals surface area contributed by atoms with Gasteiger partial charge in [0.25, 0.3) is 0 Å². The maximum Gasteiger partial charge on any atom is 0.228 e. The van der Waals surface area contributed by atoms with Crippen LogP contribution in [0.5, 0.6) is 0 Å². The molecular weight excluding hydrogens is 298 g/mol. The maximum atomic E-state index is 12.5. The number of rotatable bonds is 5. The predicted molar refractivity (Wildman–Crippen MR) is 99.2 cm³/mol. The molecular formula is C20H25N3O. The van der Waals surface area contributed by atoms with Gasteiger partial charge in [-0.15, -0.1) is 0 Å². The molecule has 2 aromatic carbocycles. The molecule has 3 rings (SSSR count). The number of amides is 1. The van der Waals surface area contributed by atoms with Gasteiger partial charge in [-0.1, -0.05) is 36.4 Å². The van der Waals surface area contributed by atoms with Gasteiger partial charge in [0.05, 0.1) is 5.92 Å². The van der Waals surface area contributed by atoms with E-state index < -0.39 is 0 Å². The smallest absolute Gasteiger partial charge is 0.228 e. The van der Waals surface area contributed by atoms with Crippen LogP contribution >= 0.6 is 0 Å². The molecule has 0 radical (unpaired) electrons. The summed E-state index contributed by atoms with van der Waals surface area (Å²) < 4.78 is 0. The SMILES string of the molecule is CN(C)c1cccc(NC(=O)C2CCN(Cc3ccccc3)C2)c1. The van der Waals surface area contributed by atoms with Gasteiger partial charge in [-0.25, -0.2) is 0 Å². The van der Waals surface area contributed by atoms with Crippen LogP contribution in [-0.4, -0.2) is 38.0 Å². The Morgan fingerprint density at radius 2 is 1.96 bits per heavy atom. The van der Waals surface area contributed by atoms with E-state index in [-0.39, 0.29) is 11.8 Å². The van der Waals surface area contributed by atoms with E-state index in [2.05, 4.69) is 34.5 Å². The molecule has 1 N–H and O–H groups in total. The highest BCUT2D eigenvalue weighted by molar-refractivity contribution is 5.93. The van der Waals surface area contributed by atoms with E-state index in [1.165, 1.54) is 5.56 Å². The number of hydrogen-bond donors (Lipinski definition) is 1. The average molecular weight is 323 g/mol. The van der Waals surface area contributed by atoms with Gasteiger partial charge in [0.15, 0.2) is 0 Å². The lowest BCUT2D eigenvalue weighted by atomic mass is 10.1. The van der Waals surface area contributed by atoms with Gasteiger partial charge in [-0.3, -0.25) is 9.69 Å². The molecule has 24 heavy (non-hydrogen) atoms. The van der Waals surface area contributed by atoms with Gasteiger partial charge in [0.1, 0.15) is 0 Å². The third kappa shape index (κ3) is 4.15. The number of carbonyl (C=O) groups is 1. The molecule has 1 unspecified atom stereocenters. The Hall–Kier alpha value is -2.33. The minimum atomic E-state index is 0.0664. The quantitative estimate of drug-likeness (QED) is 0.918. The third-order valence-corrected chi connectivity index (χ3v) is 4.52. The second-order valence-electron chi connectivity index (χ2n) is 6.64. The lowest BCUT2D eigenvalue weighted by molar-refractivity contribution is -0.119. The Balaban J connectivity index is 1.56. The Kier molecular flexibility index (Phi) is 5.16. The first-order chi connectivity index (χ1) is 11.6. The maximum absolute atomic E-state index is 12.5. The number of nitrogens with one attached hydrogen (secondary N) is 1. The van der Waals surface area contributed by atoms with Crippen molar-refractivity contribution in [2.24, 2.45) is 5.92 Å². The molecule has 1 atom stereocenters. The zero-order valence-corrected chi connectivity index (χ0v) is 14.4. The van der Waals surface area contributed by atoms with Gasteiger partial charge >= 0.3 is 0 Å². The van der Waals surface area contributed by atoms with Gasteiger partial charge in [-0.05, 0) is 36.7 Å². The van der Waals surface area contributed by atoms with Gasteiger partial charge < -0.3 is 10.2 Å². The van der Waals surface area contributed by atoms with Crippen molar-refractivity contribution in [3.05, 3.63) is 60.2 Å². The fourth-order valence-corrected chi connectivity index (χ4v) is 3.14. The number of anilines is 2. The summed E-state index contributed by atoms with van der Waals surface area (Å²) in [5.74, 6) is 0.193. The second kappa shape index (κ2) is 7.49. The van der Waals surface area contributed by atoms with Gasteiger partial charge in [0, 0.05) is 38.6 Å². The molecule has 1 heterocycles. The van der Waals surface area contributed by atoms with Crippen LogP contribution in [-0.2, 0) is 11.3 Å². The van der Waals surface area contributed by atoms with Gasteiger partial charge in [0.2, 0.25) is 5.91 Å². The molecule has 4 nitrogen and oxygen atoms in total. The Bertz CT molecular complexity index is 684. The van der Waals surface area contributed by atoms with E-state index in [9.17, 15) is 4.79 Å². The topological polar surface area (TPSA) is 35.6 Å². The molecule has 0 aromatic heterocycles. The second-order valence-corrected chi connectivity index (χ2v) is 6.64. The molecule has 126 valence electrons. The summed E-state index contributed by atoms with van der Waals surface area (Å²) in [5, 5.41) is 3.07. The monoisotopic (exact) mass is 323 g/mol. The molecule has 0 saturated carbocycles. The predicted octanol–water partition coefficient (Wildman–Crippen LogP) is 3.21. The number of nitrogens with zero attached hydrogens (tertiary/aromatic N) is 2. The first-order valence-corrected chi connectivity index (χ1v) is 8.46. The summed E-state index contributed by atoms with van der Waals surface area (Å²) in [6.07, 6.45) is 0.923. The minimum Gasteiger partial charge on any atom is -0.378 e. The number of likely N-dealkylation sites (tertiary alicyclic amines) is 1. The molecule has 4 heteroatoms. The lowest BCUT2D eigenvalue weighted by Gasteiger charge is -2.17. The largest absolute Gasteiger partial charge is 0.378 e. The van der Waals surface area contributed by atoms with Crippen LogP contribution in [0.25, 0.3) is 0 Å². The average Bonchev–Trinajstić information content (AvgIpc) is 3.04. The fourth-order valence-electron chi connectivity index (χ4n) is 3.14. The molecule has 1 aliphatic heterocycles. The molecule has 0 aliphatic carbocycles. The van der Waals surface area contributed by atoms with Crippen molar-refractivity contribution >= 4 is 17.3 Å². The summed E-state index contributed by atoms with van der Waals surface area (Å²) in [6, 6.07) is 18.4. The molecule has 2 aromatic rings. The Labute approximate surface area is 144 Å². The van der Waals surface area contributed by atoms with Crippen molar-refractivity contribution in [3.63, 3.8) is 0 Å². The lowest BCUT2D eigenvalue weighted by Crippen LogP contribution is -2.27. The number of hydrogen-bond acceptors (Lipinski definition) is 3. The summed E-state index contributed by atoms with van der Waals surface area (Å²) in [7, 11) is 4.00. The van der Waals surface area contributed by atoms with Crippen LogP contribution in [0.4, 0.5) is 11.4 Å². The van der Waals surface area contributed by atoms with Crippen molar-refractivity contribution in [2.75, 3.05) is 37.4 Å². The van der Waals surface area contributed by atoms with E-state index in [4.69, 9.17) is 0 Å². The van der Waals surface area contributed by atoms with Gasteiger partial charge in [-0.2, -0.15) is 0 Å². The first kappa shape index (κ1) is 16.5. The van der Waals surface area contributed by atoms with Crippen LogP contribution in [0.2, 0.25) is 0 Å². The first-order valence-electron chi connectivity index (χ1n) is 8.46. The molecule has 1 aliphatic rings. The van der Waals surface area contributed by atoms with Crippen molar-refractivity contribution in [1.29, 1.82) is 0 Å². The minimum absolute atomic E-state index is 0.0664. The van der Waals surface area contributed by atoms with Crippen LogP contribution in [0.3, 0.4) is 0 Å². The van der Waals surface area contributed by atoms with E-state index in [1.807, 2.05) is 49.3 Å². The zero-order valence-electron chi connectivity index (χ0n) is 14.4. The Morgan fingerprint density at radius 3 is 2.71 bits per heavy atom. The summed E-state index contributed by atoms with van der Waals surface area (Å²) in [5.41, 5.74) is 3.26. The van der Waals surface area contributed by atoms with Crippen LogP contribution in [0, 0.1) is 5.92 Å². The van der Waals surface area contributed by atoms with E-state index in [0.29, 0.717) is 0 Å². The summed E-state index contributed by atoms with van der Waals surface area (Å²) >= 11 is 0. The van der Waals surface area contributed by atoms with Crippen molar-refractivity contribution < 1.29 is 4.79 Å². The molecule has 1 saturated heterocycles. The molecule has 0 spiro atoms. The third-order valence-electron chi connectivity index (χ3n) is 4.52. The summed E-state index contributed by atoms with van der Waals surface area (Å²) in [6.45, 7) is 2.72. The van der Waals surface area contributed by atoms with E-state index in [1.54, 1.807) is 0 Å². The number of benzene rings is 2. The molecule has 1 fully saturated rings. The highest BCUT2D eigenvalue weighted by Gasteiger charge is 2.28. The molecule has 1 amide bonds. The normalized spacial score (nSPS) is 17.7. The zero-order chi connectivity index (χ0) is 16.9. The highest BCUT2D eigenvalue weighted by atomic mass is 16.1. The van der Waals surface area contributed by atoms with E-state index >= 15 is 0 Å². The van der Waals surface area contributed by atoms with Crippen molar-refractivity contribution in [3.8, 4) is 0 Å². The molecule has 0 bridgehead atoms. The van der Waals surface area contributed by atoms with Crippen molar-refractivity contribution in [1.82, 2.24) is 4.90 Å².